The van der Waals surface area contributed by atoms with Crippen LogP contribution in [0.15, 0.2) is 24.3 Å². The second kappa shape index (κ2) is 7.95. The number of benzene rings is 1. The first-order chi connectivity index (χ1) is 12.1. The van der Waals surface area contributed by atoms with Crippen molar-refractivity contribution in [1.82, 2.24) is 9.88 Å². The predicted octanol–water partition coefficient (Wildman–Crippen LogP) is 4.08. The Hall–Kier alpha value is -1.95. The Kier molecular flexibility index (Phi) is 5.68. The summed E-state index contributed by atoms with van der Waals surface area (Å²) in [5.41, 5.74) is 0.900. The van der Waals surface area contributed by atoms with Crippen molar-refractivity contribution in [1.29, 1.82) is 0 Å². The SMILES string of the molecule is CCc1nc(C)sc1C(=O)N1CCC[C@H](COc2ccc(F)cc2)C1. The minimum absolute atomic E-state index is 0.0916. The molecule has 1 atom stereocenters. The number of hydrogen-bond donors (Lipinski definition) is 0. The van der Waals surface area contributed by atoms with E-state index in [9.17, 15) is 9.18 Å². The first-order valence-corrected chi connectivity index (χ1v) is 9.52. The van der Waals surface area contributed by atoms with E-state index in [0.29, 0.717) is 24.8 Å². The molecule has 134 valence electrons. The minimum atomic E-state index is -0.270. The van der Waals surface area contributed by atoms with E-state index in [-0.39, 0.29) is 11.7 Å². The lowest BCUT2D eigenvalue weighted by Gasteiger charge is -2.32. The van der Waals surface area contributed by atoms with E-state index in [4.69, 9.17) is 4.74 Å². The zero-order valence-electron chi connectivity index (χ0n) is 14.6. The number of rotatable bonds is 5. The van der Waals surface area contributed by atoms with Crippen molar-refractivity contribution in [2.24, 2.45) is 5.92 Å². The Morgan fingerprint density at radius 3 is 2.88 bits per heavy atom. The summed E-state index contributed by atoms with van der Waals surface area (Å²) in [6.45, 7) is 5.99. The molecule has 1 saturated heterocycles. The molecule has 1 amide bonds. The molecule has 1 fully saturated rings. The molecule has 4 nitrogen and oxygen atoms in total. The lowest BCUT2D eigenvalue weighted by molar-refractivity contribution is 0.0637. The van der Waals surface area contributed by atoms with E-state index < -0.39 is 0 Å². The molecular formula is C19H23FN2O2S. The molecule has 6 heteroatoms. The molecule has 0 N–H and O–H groups in total. The van der Waals surface area contributed by atoms with Gasteiger partial charge >= 0.3 is 0 Å². The van der Waals surface area contributed by atoms with E-state index in [0.717, 1.165) is 41.4 Å². The van der Waals surface area contributed by atoms with Crippen LogP contribution in [0.1, 0.15) is 40.1 Å². The predicted molar refractivity (Wildman–Crippen MR) is 96.8 cm³/mol. The van der Waals surface area contributed by atoms with Gasteiger partial charge in [-0.25, -0.2) is 9.37 Å². The molecule has 2 heterocycles. The highest BCUT2D eigenvalue weighted by Gasteiger charge is 2.27. The molecule has 0 bridgehead atoms. The molecule has 0 spiro atoms. The van der Waals surface area contributed by atoms with Gasteiger partial charge < -0.3 is 9.64 Å². The van der Waals surface area contributed by atoms with Crippen LogP contribution in [0.3, 0.4) is 0 Å². The zero-order chi connectivity index (χ0) is 17.8. The maximum absolute atomic E-state index is 12.9. The molecule has 2 aromatic rings. The van der Waals surface area contributed by atoms with Crippen LogP contribution in [-0.4, -0.2) is 35.5 Å². The van der Waals surface area contributed by atoms with Crippen LogP contribution in [-0.2, 0) is 6.42 Å². The summed E-state index contributed by atoms with van der Waals surface area (Å²) in [5.74, 6) is 0.778. The third-order valence-corrected chi connectivity index (χ3v) is 5.44. The number of aromatic nitrogens is 1. The fourth-order valence-electron chi connectivity index (χ4n) is 3.15. The normalized spacial score (nSPS) is 17.6. The van der Waals surface area contributed by atoms with Gasteiger partial charge in [-0.05, 0) is 50.5 Å². The first-order valence-electron chi connectivity index (χ1n) is 8.70. The Morgan fingerprint density at radius 2 is 2.16 bits per heavy atom. The Labute approximate surface area is 151 Å². The maximum Gasteiger partial charge on any atom is 0.265 e. The molecule has 3 rings (SSSR count). The van der Waals surface area contributed by atoms with E-state index in [1.54, 1.807) is 12.1 Å². The standard InChI is InChI=1S/C19H23FN2O2S/c1-3-17-18(25-13(2)21-17)19(23)22-10-4-5-14(11-22)12-24-16-8-6-15(20)7-9-16/h6-9,14H,3-5,10-12H2,1-2H3/t14-/m0/s1. The van der Waals surface area contributed by atoms with Crippen molar-refractivity contribution >= 4 is 17.2 Å². The van der Waals surface area contributed by atoms with Gasteiger partial charge in [-0.1, -0.05) is 6.92 Å². The topological polar surface area (TPSA) is 42.4 Å². The van der Waals surface area contributed by atoms with E-state index in [2.05, 4.69) is 4.98 Å². The molecule has 0 radical (unpaired) electrons. The van der Waals surface area contributed by atoms with Crippen LogP contribution < -0.4 is 4.74 Å². The number of ether oxygens (including phenoxy) is 1. The van der Waals surface area contributed by atoms with Crippen molar-refractivity contribution in [3.63, 3.8) is 0 Å². The zero-order valence-corrected chi connectivity index (χ0v) is 15.4. The number of halogens is 1. The lowest BCUT2D eigenvalue weighted by atomic mass is 9.98. The van der Waals surface area contributed by atoms with Gasteiger partial charge in [-0.15, -0.1) is 11.3 Å². The molecule has 0 unspecified atom stereocenters. The number of carbonyl (C=O) groups excluding carboxylic acids is 1. The Morgan fingerprint density at radius 1 is 1.40 bits per heavy atom. The van der Waals surface area contributed by atoms with Crippen LogP contribution in [0.5, 0.6) is 5.75 Å². The van der Waals surface area contributed by atoms with Crippen molar-refractivity contribution < 1.29 is 13.9 Å². The van der Waals surface area contributed by atoms with E-state index in [1.807, 2.05) is 18.7 Å². The quantitative estimate of drug-likeness (QED) is 0.805. The van der Waals surface area contributed by atoms with Crippen LogP contribution in [0, 0.1) is 18.7 Å². The minimum Gasteiger partial charge on any atom is -0.493 e. The van der Waals surface area contributed by atoms with Gasteiger partial charge in [0.25, 0.3) is 5.91 Å². The van der Waals surface area contributed by atoms with Crippen LogP contribution in [0.4, 0.5) is 4.39 Å². The number of carbonyl (C=O) groups is 1. The van der Waals surface area contributed by atoms with Gasteiger partial charge in [-0.3, -0.25) is 4.79 Å². The van der Waals surface area contributed by atoms with Crippen molar-refractivity contribution in [3.8, 4) is 5.75 Å². The molecule has 25 heavy (non-hydrogen) atoms. The number of nitrogens with zero attached hydrogens (tertiary/aromatic N) is 2. The summed E-state index contributed by atoms with van der Waals surface area (Å²) < 4.78 is 18.7. The molecule has 1 aliphatic rings. The Bertz CT molecular complexity index is 730. The number of aryl methyl sites for hydroxylation is 2. The summed E-state index contributed by atoms with van der Waals surface area (Å²) in [5, 5.41) is 0.938. The Balaban J connectivity index is 1.60. The average Bonchev–Trinajstić information content (AvgIpc) is 3.02. The second-order valence-electron chi connectivity index (χ2n) is 6.39. The molecule has 1 aliphatic heterocycles. The van der Waals surface area contributed by atoms with Gasteiger partial charge in [-0.2, -0.15) is 0 Å². The third-order valence-electron chi connectivity index (χ3n) is 4.44. The van der Waals surface area contributed by atoms with Crippen LogP contribution in [0.25, 0.3) is 0 Å². The molecule has 1 aromatic carbocycles. The second-order valence-corrected chi connectivity index (χ2v) is 7.59. The number of hydrogen-bond acceptors (Lipinski definition) is 4. The smallest absolute Gasteiger partial charge is 0.265 e. The van der Waals surface area contributed by atoms with Gasteiger partial charge in [0, 0.05) is 19.0 Å². The highest BCUT2D eigenvalue weighted by molar-refractivity contribution is 7.13. The van der Waals surface area contributed by atoms with Crippen molar-refractivity contribution in [2.75, 3.05) is 19.7 Å². The molecule has 0 aliphatic carbocycles. The summed E-state index contributed by atoms with van der Waals surface area (Å²) in [7, 11) is 0. The fourth-order valence-corrected chi connectivity index (χ4v) is 4.13. The number of amides is 1. The third kappa shape index (κ3) is 4.37. The number of likely N-dealkylation sites (tertiary alicyclic amines) is 1. The van der Waals surface area contributed by atoms with E-state index >= 15 is 0 Å². The maximum atomic E-state index is 12.9. The largest absolute Gasteiger partial charge is 0.493 e. The average molecular weight is 362 g/mol. The number of thiazole rings is 1. The lowest BCUT2D eigenvalue weighted by Crippen LogP contribution is -2.41. The monoisotopic (exact) mass is 362 g/mol. The van der Waals surface area contributed by atoms with Crippen molar-refractivity contribution in [2.45, 2.75) is 33.1 Å². The highest BCUT2D eigenvalue weighted by atomic mass is 32.1. The summed E-state index contributed by atoms with van der Waals surface area (Å²) >= 11 is 1.48. The van der Waals surface area contributed by atoms with Gasteiger partial charge in [0.2, 0.25) is 0 Å². The van der Waals surface area contributed by atoms with Crippen LogP contribution >= 0.6 is 11.3 Å². The number of piperidine rings is 1. The molecule has 1 aromatic heterocycles. The van der Waals surface area contributed by atoms with E-state index in [1.165, 1.54) is 23.5 Å². The summed E-state index contributed by atoms with van der Waals surface area (Å²) in [6.07, 6.45) is 2.78. The van der Waals surface area contributed by atoms with Gasteiger partial charge in [0.05, 0.1) is 17.3 Å². The first kappa shape index (κ1) is 17.9. The van der Waals surface area contributed by atoms with Crippen molar-refractivity contribution in [3.05, 3.63) is 45.7 Å². The molecular weight excluding hydrogens is 339 g/mol. The van der Waals surface area contributed by atoms with Crippen LogP contribution in [0.2, 0.25) is 0 Å². The summed E-state index contributed by atoms with van der Waals surface area (Å²) in [6, 6.07) is 6.05. The molecule has 0 saturated carbocycles. The highest BCUT2D eigenvalue weighted by Crippen LogP contribution is 2.25. The van der Waals surface area contributed by atoms with Gasteiger partial charge in [0.15, 0.2) is 0 Å². The summed E-state index contributed by atoms with van der Waals surface area (Å²) in [4.78, 5) is 20.0. The fraction of sp³-hybridized carbons (Fsp3) is 0.474. The van der Waals surface area contributed by atoms with Gasteiger partial charge in [0.1, 0.15) is 16.4 Å².